The van der Waals surface area contributed by atoms with Crippen LogP contribution in [0.4, 0.5) is 15.8 Å². The van der Waals surface area contributed by atoms with Gasteiger partial charge in [-0.25, -0.2) is 12.8 Å². The molecular weight excluding hydrogens is 281 g/mol. The van der Waals surface area contributed by atoms with Gasteiger partial charge in [0.1, 0.15) is 5.82 Å². The number of sulfonamides is 1. The summed E-state index contributed by atoms with van der Waals surface area (Å²) in [6, 6.07) is 6.61. The molecular formula is C13H14FN3O2S. The Balaban J connectivity index is 2.50. The molecule has 0 aliphatic rings. The topological polar surface area (TPSA) is 76.3 Å². The van der Waals surface area contributed by atoms with Crippen molar-refractivity contribution in [1.82, 2.24) is 4.98 Å². The first-order valence-corrected chi connectivity index (χ1v) is 7.38. The first kappa shape index (κ1) is 14.3. The van der Waals surface area contributed by atoms with Gasteiger partial charge in [-0.3, -0.25) is 9.29 Å². The number of anilines is 2. The van der Waals surface area contributed by atoms with Crippen molar-refractivity contribution in [2.75, 3.05) is 16.6 Å². The van der Waals surface area contributed by atoms with Gasteiger partial charge in [-0.15, -0.1) is 0 Å². The van der Waals surface area contributed by atoms with Gasteiger partial charge in [0.15, 0.2) is 0 Å². The molecule has 0 saturated heterocycles. The maximum atomic E-state index is 13.5. The molecule has 0 aliphatic carbocycles. The van der Waals surface area contributed by atoms with Crippen LogP contribution in [0.25, 0.3) is 0 Å². The minimum Gasteiger partial charge on any atom is -0.396 e. The van der Waals surface area contributed by atoms with E-state index in [4.69, 9.17) is 5.73 Å². The molecule has 2 N–H and O–H groups in total. The number of nitrogens with two attached hydrogens (primary N) is 1. The smallest absolute Gasteiger partial charge is 0.264 e. The maximum absolute atomic E-state index is 13.5. The fraction of sp³-hybridized carbons (Fsp3) is 0.154. The van der Waals surface area contributed by atoms with E-state index in [9.17, 15) is 12.8 Å². The van der Waals surface area contributed by atoms with E-state index >= 15 is 0 Å². The van der Waals surface area contributed by atoms with Crippen LogP contribution in [0.1, 0.15) is 6.92 Å². The van der Waals surface area contributed by atoms with E-state index in [0.29, 0.717) is 5.69 Å². The Labute approximate surface area is 116 Å². The molecule has 0 saturated carbocycles. The van der Waals surface area contributed by atoms with Gasteiger partial charge in [0.2, 0.25) is 0 Å². The van der Waals surface area contributed by atoms with Crippen molar-refractivity contribution in [3.63, 3.8) is 0 Å². The molecule has 0 spiro atoms. The second kappa shape index (κ2) is 5.46. The lowest BCUT2D eigenvalue weighted by atomic mass is 10.3. The van der Waals surface area contributed by atoms with Crippen molar-refractivity contribution in [1.29, 1.82) is 0 Å². The molecule has 2 aromatic rings. The Morgan fingerprint density at radius 3 is 2.45 bits per heavy atom. The zero-order valence-electron chi connectivity index (χ0n) is 10.8. The molecule has 0 amide bonds. The summed E-state index contributed by atoms with van der Waals surface area (Å²) in [4.78, 5) is 3.71. The molecule has 0 atom stereocenters. The van der Waals surface area contributed by atoms with Crippen molar-refractivity contribution < 1.29 is 12.8 Å². The summed E-state index contributed by atoms with van der Waals surface area (Å²) in [6.07, 6.45) is 2.99. The largest absolute Gasteiger partial charge is 0.396 e. The van der Waals surface area contributed by atoms with Crippen LogP contribution in [0.2, 0.25) is 0 Å². The van der Waals surface area contributed by atoms with E-state index in [-0.39, 0.29) is 17.1 Å². The van der Waals surface area contributed by atoms with Crippen molar-refractivity contribution in [2.45, 2.75) is 11.8 Å². The summed E-state index contributed by atoms with van der Waals surface area (Å²) in [5.41, 5.74) is 5.74. The molecule has 1 aromatic heterocycles. The molecule has 0 unspecified atom stereocenters. The molecule has 7 heteroatoms. The lowest BCUT2D eigenvalue weighted by molar-refractivity contribution is 0.587. The number of benzene rings is 1. The van der Waals surface area contributed by atoms with Crippen molar-refractivity contribution in [3.8, 4) is 0 Å². The second-order valence-electron chi connectivity index (χ2n) is 4.06. The first-order valence-electron chi connectivity index (χ1n) is 5.94. The Kier molecular flexibility index (Phi) is 3.89. The van der Waals surface area contributed by atoms with Crippen LogP contribution in [0.5, 0.6) is 0 Å². The second-order valence-corrected chi connectivity index (χ2v) is 5.92. The third kappa shape index (κ3) is 2.57. The summed E-state index contributed by atoms with van der Waals surface area (Å²) in [5.74, 6) is -0.753. The highest BCUT2D eigenvalue weighted by atomic mass is 32.2. The first-order chi connectivity index (χ1) is 9.46. The highest BCUT2D eigenvalue weighted by molar-refractivity contribution is 7.92. The van der Waals surface area contributed by atoms with Gasteiger partial charge < -0.3 is 5.73 Å². The minimum atomic E-state index is -3.83. The maximum Gasteiger partial charge on any atom is 0.264 e. The van der Waals surface area contributed by atoms with Crippen LogP contribution in [-0.2, 0) is 10.0 Å². The zero-order chi connectivity index (χ0) is 14.8. The number of pyridine rings is 1. The van der Waals surface area contributed by atoms with E-state index in [0.717, 1.165) is 6.07 Å². The molecule has 0 aliphatic heterocycles. The highest BCUT2D eigenvalue weighted by Crippen LogP contribution is 2.24. The van der Waals surface area contributed by atoms with Gasteiger partial charge in [0, 0.05) is 18.9 Å². The van der Waals surface area contributed by atoms with Crippen LogP contribution < -0.4 is 10.0 Å². The molecule has 20 heavy (non-hydrogen) atoms. The summed E-state index contributed by atoms with van der Waals surface area (Å²) in [7, 11) is -3.83. The molecule has 106 valence electrons. The standard InChI is InChI=1S/C13H14FN3O2S/c1-2-17(10-5-7-16-8-6-10)20(18,19)11-3-4-13(15)12(14)9-11/h3-9H,2,15H2,1H3. The summed E-state index contributed by atoms with van der Waals surface area (Å²) in [6.45, 7) is 1.92. The van der Waals surface area contributed by atoms with Crippen LogP contribution in [0, 0.1) is 5.82 Å². The SMILES string of the molecule is CCN(c1ccncc1)S(=O)(=O)c1ccc(N)c(F)c1. The van der Waals surface area contributed by atoms with Crippen LogP contribution >= 0.6 is 0 Å². The quantitative estimate of drug-likeness (QED) is 0.875. The minimum absolute atomic E-state index is 0.0871. The summed E-state index contributed by atoms with van der Waals surface area (Å²) in [5, 5.41) is 0. The highest BCUT2D eigenvalue weighted by Gasteiger charge is 2.24. The van der Waals surface area contributed by atoms with Crippen LogP contribution in [0.15, 0.2) is 47.6 Å². The fourth-order valence-electron chi connectivity index (χ4n) is 1.80. The normalized spacial score (nSPS) is 11.3. The van der Waals surface area contributed by atoms with Gasteiger partial charge in [-0.05, 0) is 37.3 Å². The van der Waals surface area contributed by atoms with E-state index in [1.165, 1.54) is 28.8 Å². The number of rotatable bonds is 4. The van der Waals surface area contributed by atoms with E-state index < -0.39 is 15.8 Å². The number of aromatic nitrogens is 1. The number of nitrogens with zero attached hydrogens (tertiary/aromatic N) is 2. The summed E-state index contributed by atoms with van der Waals surface area (Å²) < 4.78 is 39.7. The predicted octanol–water partition coefficient (Wildman–Crippen LogP) is 2.02. The Morgan fingerprint density at radius 1 is 1.25 bits per heavy atom. The average molecular weight is 295 g/mol. The van der Waals surface area contributed by atoms with E-state index in [1.807, 2.05) is 0 Å². The molecule has 1 heterocycles. The van der Waals surface area contributed by atoms with Crippen molar-refractivity contribution in [3.05, 3.63) is 48.5 Å². The van der Waals surface area contributed by atoms with Gasteiger partial charge in [0.05, 0.1) is 16.3 Å². The molecule has 1 aromatic carbocycles. The van der Waals surface area contributed by atoms with Crippen molar-refractivity contribution in [2.24, 2.45) is 0 Å². The van der Waals surface area contributed by atoms with Gasteiger partial charge in [0.25, 0.3) is 10.0 Å². The van der Waals surface area contributed by atoms with Crippen LogP contribution in [-0.4, -0.2) is 19.9 Å². The molecule has 0 bridgehead atoms. The van der Waals surface area contributed by atoms with E-state index in [1.54, 1.807) is 19.1 Å². The molecule has 0 radical (unpaired) electrons. The number of hydrogen-bond acceptors (Lipinski definition) is 4. The summed E-state index contributed by atoms with van der Waals surface area (Å²) >= 11 is 0. The molecule has 0 fully saturated rings. The average Bonchev–Trinajstić information content (AvgIpc) is 2.43. The van der Waals surface area contributed by atoms with Crippen molar-refractivity contribution >= 4 is 21.4 Å². The van der Waals surface area contributed by atoms with Crippen LogP contribution in [0.3, 0.4) is 0 Å². The molecule has 2 rings (SSSR count). The number of hydrogen-bond donors (Lipinski definition) is 1. The lowest BCUT2D eigenvalue weighted by Gasteiger charge is -2.22. The third-order valence-corrected chi connectivity index (χ3v) is 4.70. The predicted molar refractivity (Wildman–Crippen MR) is 75.3 cm³/mol. The van der Waals surface area contributed by atoms with E-state index in [2.05, 4.69) is 4.98 Å². The lowest BCUT2D eigenvalue weighted by Crippen LogP contribution is -2.30. The Bertz CT molecular complexity index is 705. The van der Waals surface area contributed by atoms with Gasteiger partial charge in [-0.1, -0.05) is 0 Å². The fourth-order valence-corrected chi connectivity index (χ4v) is 3.28. The molecule has 5 nitrogen and oxygen atoms in total. The zero-order valence-corrected chi connectivity index (χ0v) is 11.6. The number of nitrogen functional groups attached to an aromatic ring is 1. The monoisotopic (exact) mass is 295 g/mol. The van der Waals surface area contributed by atoms with Gasteiger partial charge in [-0.2, -0.15) is 0 Å². The Morgan fingerprint density at radius 2 is 1.90 bits per heavy atom. The Hall–Kier alpha value is -2.15. The number of halogens is 1. The third-order valence-electron chi connectivity index (χ3n) is 2.80. The van der Waals surface area contributed by atoms with Gasteiger partial charge >= 0.3 is 0 Å².